The van der Waals surface area contributed by atoms with Gasteiger partial charge >= 0.3 is 6.09 Å². The topological polar surface area (TPSA) is 149 Å². The summed E-state index contributed by atoms with van der Waals surface area (Å²) in [6.07, 6.45) is 5.15. The average molecular weight is 681 g/mol. The van der Waals surface area contributed by atoms with Gasteiger partial charge in [-0.15, -0.1) is 15.3 Å². The molecule has 14 heteroatoms. The molecule has 50 heavy (non-hydrogen) atoms. The van der Waals surface area contributed by atoms with Crippen LogP contribution in [0.2, 0.25) is 0 Å². The molecular formula is C36H39N9O5. The molecule has 4 aromatic heterocycles. The molecule has 1 aliphatic carbocycles. The van der Waals surface area contributed by atoms with Crippen molar-refractivity contribution in [3.63, 3.8) is 0 Å². The predicted octanol–water partition coefficient (Wildman–Crippen LogP) is 5.54. The minimum Gasteiger partial charge on any atom is -0.497 e. The van der Waals surface area contributed by atoms with Crippen molar-refractivity contribution in [1.82, 2.24) is 34.7 Å². The summed E-state index contributed by atoms with van der Waals surface area (Å²) in [4.78, 5) is 37.6. The summed E-state index contributed by atoms with van der Waals surface area (Å²) in [6.45, 7) is 5.43. The second kappa shape index (κ2) is 12.9. The zero-order chi connectivity index (χ0) is 37.7. The van der Waals surface area contributed by atoms with E-state index >= 15 is 0 Å². The lowest BCUT2D eigenvalue weighted by Crippen LogP contribution is -2.37. The van der Waals surface area contributed by atoms with Crippen molar-refractivity contribution in [2.24, 2.45) is 11.8 Å². The number of carbonyl (C=O) groups excluding carboxylic acids is 2. The van der Waals surface area contributed by atoms with E-state index in [-0.39, 0.29) is 53.9 Å². The smallest absolute Gasteiger partial charge is 0.414 e. The number of nitrogens with one attached hydrogen (secondary N) is 1. The molecule has 2 amide bonds. The number of hydrogen-bond donors (Lipinski definition) is 1. The third kappa shape index (κ3) is 6.86. The van der Waals surface area contributed by atoms with Crippen LogP contribution in [-0.2, 0) is 20.8 Å². The van der Waals surface area contributed by atoms with Crippen LogP contribution in [0.25, 0.3) is 33.7 Å². The molecule has 0 unspecified atom stereocenters. The number of benzene rings is 1. The van der Waals surface area contributed by atoms with Gasteiger partial charge in [0, 0.05) is 52.5 Å². The van der Waals surface area contributed by atoms with Gasteiger partial charge in [-0.1, -0.05) is 19.1 Å². The fraction of sp³-hybridized carbons (Fsp3) is 0.361. The first-order valence-corrected chi connectivity index (χ1v) is 16.3. The van der Waals surface area contributed by atoms with E-state index in [1.165, 1.54) is 16.0 Å². The van der Waals surface area contributed by atoms with E-state index in [1.54, 1.807) is 60.4 Å². The standard InChI is InChI=1S/C36H39N9O5/c1-21-15-25(21)34(46)38-29-16-26-27(17-37-33(31(26)41-40-29)43(5)18-22-7-10-24(48-6)11-8-22)32-39-30-12-9-23(19-45(30)42-32)28-20-44(13-14-49-28)35(47)50-36(2,3)4/h7-12,16-17,19-21,25H,13-15,18H2,1-6H3,(H,38,40,46)/t21-,25+/m1/s1/i5D3. The van der Waals surface area contributed by atoms with E-state index in [4.69, 9.17) is 28.4 Å². The number of anilines is 2. The highest BCUT2D eigenvalue weighted by atomic mass is 16.6. The molecule has 0 bridgehead atoms. The summed E-state index contributed by atoms with van der Waals surface area (Å²) in [5, 5.41) is 16.7. The van der Waals surface area contributed by atoms with E-state index in [9.17, 15) is 9.59 Å². The van der Waals surface area contributed by atoms with Gasteiger partial charge in [-0.25, -0.2) is 19.3 Å². The van der Waals surface area contributed by atoms with E-state index in [1.807, 2.05) is 33.8 Å². The Labute approximate surface area is 293 Å². The molecule has 1 aliphatic heterocycles. The molecule has 258 valence electrons. The number of carbonyl (C=O) groups is 2. The Morgan fingerprint density at radius 1 is 1.16 bits per heavy atom. The molecule has 0 saturated heterocycles. The fourth-order valence-corrected chi connectivity index (χ4v) is 5.61. The van der Waals surface area contributed by atoms with Crippen molar-refractivity contribution in [3.8, 4) is 17.1 Å². The Balaban J connectivity index is 1.28. The second-order valence-corrected chi connectivity index (χ2v) is 13.4. The maximum Gasteiger partial charge on any atom is 0.414 e. The Hall–Kier alpha value is -5.79. The molecule has 1 saturated carbocycles. The third-order valence-electron chi connectivity index (χ3n) is 8.41. The minimum atomic E-state index is -2.61. The summed E-state index contributed by atoms with van der Waals surface area (Å²) < 4.78 is 43.5. The summed E-state index contributed by atoms with van der Waals surface area (Å²) >= 11 is 0. The van der Waals surface area contributed by atoms with Crippen LogP contribution >= 0.6 is 0 Å². The van der Waals surface area contributed by atoms with Gasteiger partial charge in [0.05, 0.1) is 19.9 Å². The first kappa shape index (κ1) is 29.2. The molecule has 14 nitrogen and oxygen atoms in total. The number of rotatable bonds is 8. The maximum absolute atomic E-state index is 12.9. The van der Waals surface area contributed by atoms with Gasteiger partial charge < -0.3 is 24.4 Å². The fourth-order valence-electron chi connectivity index (χ4n) is 5.61. The van der Waals surface area contributed by atoms with Gasteiger partial charge in [0.2, 0.25) is 5.91 Å². The van der Waals surface area contributed by atoms with Crippen LogP contribution in [0.5, 0.6) is 5.75 Å². The van der Waals surface area contributed by atoms with Gasteiger partial charge in [0.15, 0.2) is 23.1 Å². The highest BCUT2D eigenvalue weighted by molar-refractivity contribution is 6.01. The number of methoxy groups -OCH3 is 1. The second-order valence-electron chi connectivity index (χ2n) is 13.4. The minimum absolute atomic E-state index is 0.0135. The van der Waals surface area contributed by atoms with Crippen LogP contribution in [0.3, 0.4) is 0 Å². The Bertz CT molecular complexity index is 2230. The zero-order valence-electron chi connectivity index (χ0n) is 31.4. The molecule has 0 spiro atoms. The largest absolute Gasteiger partial charge is 0.497 e. The number of hydrogen-bond acceptors (Lipinski definition) is 11. The monoisotopic (exact) mass is 680 g/mol. The first-order valence-electron chi connectivity index (χ1n) is 17.8. The molecule has 2 atom stereocenters. The number of amides is 2. The van der Waals surface area contributed by atoms with Crippen LogP contribution < -0.4 is 15.0 Å². The van der Waals surface area contributed by atoms with Crippen molar-refractivity contribution in [1.29, 1.82) is 0 Å². The number of ether oxygens (including phenoxy) is 3. The van der Waals surface area contributed by atoms with Gasteiger partial charge in [0.25, 0.3) is 0 Å². The maximum atomic E-state index is 12.9. The lowest BCUT2D eigenvalue weighted by atomic mass is 10.1. The summed E-state index contributed by atoms with van der Waals surface area (Å²) in [5.41, 5.74) is 1.85. The number of nitrogens with zero attached hydrogens (tertiary/aromatic N) is 8. The normalized spacial score (nSPS) is 18.4. The van der Waals surface area contributed by atoms with Crippen LogP contribution in [0.4, 0.5) is 16.4 Å². The number of aromatic nitrogens is 6. The van der Waals surface area contributed by atoms with Crippen molar-refractivity contribution >= 4 is 45.9 Å². The summed E-state index contributed by atoms with van der Waals surface area (Å²) in [7, 11) is 1.56. The zero-order valence-corrected chi connectivity index (χ0v) is 28.4. The molecule has 2 aliphatic rings. The summed E-state index contributed by atoms with van der Waals surface area (Å²) in [6, 6.07) is 12.3. The third-order valence-corrected chi connectivity index (χ3v) is 8.41. The van der Waals surface area contributed by atoms with Crippen molar-refractivity contribution in [3.05, 3.63) is 72.2 Å². The van der Waals surface area contributed by atoms with Crippen LogP contribution in [0.1, 0.15) is 49.4 Å². The van der Waals surface area contributed by atoms with E-state index in [0.29, 0.717) is 45.8 Å². The molecule has 1 aromatic carbocycles. The van der Waals surface area contributed by atoms with Gasteiger partial charge in [0.1, 0.15) is 29.2 Å². The van der Waals surface area contributed by atoms with E-state index < -0.39 is 18.7 Å². The molecule has 0 radical (unpaired) electrons. The van der Waals surface area contributed by atoms with E-state index in [0.717, 1.165) is 6.42 Å². The highest BCUT2D eigenvalue weighted by Crippen LogP contribution is 2.39. The molecule has 7 rings (SSSR count). The molecule has 5 heterocycles. The summed E-state index contributed by atoms with van der Waals surface area (Å²) in [5.74, 6) is 1.67. The first-order chi connectivity index (χ1) is 25.2. The van der Waals surface area contributed by atoms with Crippen LogP contribution in [-0.4, -0.2) is 79.5 Å². The van der Waals surface area contributed by atoms with Crippen molar-refractivity contribution in [2.45, 2.75) is 46.3 Å². The van der Waals surface area contributed by atoms with Crippen molar-refractivity contribution < 1.29 is 27.9 Å². The highest BCUT2D eigenvalue weighted by Gasteiger charge is 2.39. The quantitative estimate of drug-likeness (QED) is 0.220. The lowest BCUT2D eigenvalue weighted by Gasteiger charge is -2.28. The Kier molecular flexibility index (Phi) is 7.53. The van der Waals surface area contributed by atoms with Gasteiger partial charge in [-0.2, -0.15) is 0 Å². The Morgan fingerprint density at radius 3 is 2.68 bits per heavy atom. The number of pyridine rings is 2. The van der Waals surface area contributed by atoms with Gasteiger partial charge in [-0.05, 0) is 69.0 Å². The number of fused-ring (bicyclic) bond motifs is 2. The molecule has 1 fully saturated rings. The van der Waals surface area contributed by atoms with Crippen LogP contribution in [0, 0.1) is 11.8 Å². The molecule has 1 N–H and O–H groups in total. The van der Waals surface area contributed by atoms with Gasteiger partial charge in [-0.3, -0.25) is 9.69 Å². The molecule has 5 aromatic rings. The van der Waals surface area contributed by atoms with E-state index in [2.05, 4.69) is 20.5 Å². The average Bonchev–Trinajstić information content (AvgIpc) is 3.71. The Morgan fingerprint density at radius 2 is 1.96 bits per heavy atom. The van der Waals surface area contributed by atoms with Crippen LogP contribution in [0.15, 0.2) is 61.1 Å². The predicted molar refractivity (Wildman–Crippen MR) is 187 cm³/mol. The SMILES string of the molecule is [2H]C([2H])([2H])N(Cc1ccc(OC)cc1)c1ncc(-c2nc3ccc(C4=CN(C(=O)OC(C)(C)C)CCO4)cn3n2)c2cc(NC(=O)[C@H]3C[C@H]3C)nnc12. The van der Waals surface area contributed by atoms with Crippen molar-refractivity contribution in [2.75, 3.05) is 37.5 Å². The molecular weight excluding hydrogens is 638 g/mol. The lowest BCUT2D eigenvalue weighted by molar-refractivity contribution is -0.117.